The van der Waals surface area contributed by atoms with Gasteiger partial charge in [-0.3, -0.25) is 4.79 Å². The Kier molecular flexibility index (Phi) is 7.07. The zero-order chi connectivity index (χ0) is 18.2. The van der Waals surface area contributed by atoms with E-state index in [4.69, 9.17) is 9.15 Å². The van der Waals surface area contributed by atoms with E-state index in [0.717, 1.165) is 5.39 Å². The molecule has 0 aliphatic carbocycles. The molecule has 0 saturated carbocycles. The number of nitrogens with one attached hydrogen (secondary N) is 1. The van der Waals surface area contributed by atoms with Crippen molar-refractivity contribution >= 4 is 16.9 Å². The fourth-order valence-corrected chi connectivity index (χ4v) is 2.95. The highest BCUT2D eigenvalue weighted by atomic mass is 16.5. The minimum absolute atomic E-state index is 0.160. The molecule has 0 atom stereocenters. The van der Waals surface area contributed by atoms with Crippen LogP contribution in [0, 0.1) is 6.92 Å². The predicted octanol–water partition coefficient (Wildman–Crippen LogP) is 3.77. The van der Waals surface area contributed by atoms with Gasteiger partial charge in [0.05, 0.1) is 5.56 Å². The van der Waals surface area contributed by atoms with Crippen LogP contribution in [0.3, 0.4) is 0 Å². The van der Waals surface area contributed by atoms with Crippen molar-refractivity contribution in [2.75, 3.05) is 33.3 Å². The summed E-state index contributed by atoms with van der Waals surface area (Å²) in [4.78, 5) is 14.3. The van der Waals surface area contributed by atoms with Crippen LogP contribution in [0.25, 0.3) is 11.0 Å². The van der Waals surface area contributed by atoms with Gasteiger partial charge in [-0.25, -0.2) is 0 Å². The van der Waals surface area contributed by atoms with E-state index < -0.39 is 0 Å². The summed E-state index contributed by atoms with van der Waals surface area (Å²) in [6, 6.07) is 5.41. The maximum absolute atomic E-state index is 11.8. The number of ether oxygens (including phenoxy) is 1. The summed E-state index contributed by atoms with van der Waals surface area (Å²) in [7, 11) is 1.60. The van der Waals surface area contributed by atoms with Crippen molar-refractivity contribution < 1.29 is 13.9 Å². The van der Waals surface area contributed by atoms with Crippen molar-refractivity contribution in [1.82, 2.24) is 10.2 Å². The first-order valence-electron chi connectivity index (χ1n) is 8.82. The maximum Gasteiger partial charge on any atom is 0.255 e. The molecular weight excluding hydrogens is 316 g/mol. The molecule has 0 bridgehead atoms. The fraction of sp³-hybridized carbons (Fsp3) is 0.450. The third-order valence-electron chi connectivity index (χ3n) is 4.30. The molecule has 1 aliphatic rings. The summed E-state index contributed by atoms with van der Waals surface area (Å²) in [5.74, 6) is 1.13. The molecule has 1 N–H and O–H groups in total. The van der Waals surface area contributed by atoms with Crippen LogP contribution in [0.1, 0.15) is 35.9 Å². The highest BCUT2D eigenvalue weighted by Crippen LogP contribution is 2.29. The zero-order valence-electron chi connectivity index (χ0n) is 15.4. The Morgan fingerprint density at radius 2 is 2.12 bits per heavy atom. The second kappa shape index (κ2) is 9.28. The molecule has 1 fully saturated rings. The Labute approximate surface area is 149 Å². The van der Waals surface area contributed by atoms with E-state index in [1.54, 1.807) is 32.2 Å². The van der Waals surface area contributed by atoms with Crippen LogP contribution in [0.5, 0.6) is 5.75 Å². The van der Waals surface area contributed by atoms with Crippen LogP contribution in [0.15, 0.2) is 35.3 Å². The lowest BCUT2D eigenvalue weighted by Gasteiger charge is -2.08. The molecule has 1 amide bonds. The number of furan rings is 1. The maximum atomic E-state index is 11.8. The number of fused-ring (bicyclic) bond motifs is 1. The molecule has 1 aliphatic heterocycles. The van der Waals surface area contributed by atoms with Crippen molar-refractivity contribution in [3.63, 3.8) is 0 Å². The number of hydrogen-bond donors (Lipinski definition) is 1. The summed E-state index contributed by atoms with van der Waals surface area (Å²) >= 11 is 0. The number of likely N-dealkylation sites (tertiary alicyclic amines) is 1. The summed E-state index contributed by atoms with van der Waals surface area (Å²) in [5.41, 5.74) is 1.23. The molecule has 3 rings (SSSR count). The molecular formula is C20H28N2O3. The Morgan fingerprint density at radius 3 is 2.68 bits per heavy atom. The smallest absolute Gasteiger partial charge is 0.255 e. The van der Waals surface area contributed by atoms with E-state index in [0.29, 0.717) is 29.3 Å². The van der Waals surface area contributed by atoms with Crippen molar-refractivity contribution in [1.29, 1.82) is 0 Å². The van der Waals surface area contributed by atoms with Gasteiger partial charge in [-0.15, -0.1) is 0 Å². The third kappa shape index (κ3) is 4.86. The molecule has 25 heavy (non-hydrogen) atoms. The van der Waals surface area contributed by atoms with E-state index in [-0.39, 0.29) is 5.91 Å². The van der Waals surface area contributed by atoms with Gasteiger partial charge < -0.3 is 19.4 Å². The number of carbonyl (C=O) groups excluding carboxylic acids is 1. The number of benzene rings is 1. The lowest BCUT2D eigenvalue weighted by atomic mass is 10.1. The Hall–Kier alpha value is -2.27. The molecule has 5 heteroatoms. The third-order valence-corrected chi connectivity index (χ3v) is 4.30. The lowest BCUT2D eigenvalue weighted by molar-refractivity contribution is 0.0963. The van der Waals surface area contributed by atoms with E-state index in [2.05, 4.69) is 23.7 Å². The highest BCUT2D eigenvalue weighted by Gasteiger charge is 2.17. The van der Waals surface area contributed by atoms with Gasteiger partial charge in [-0.05, 0) is 57.6 Å². The van der Waals surface area contributed by atoms with Gasteiger partial charge in [0.15, 0.2) is 0 Å². The average Bonchev–Trinajstić information content (AvgIpc) is 3.26. The monoisotopic (exact) mass is 344 g/mol. The van der Waals surface area contributed by atoms with Gasteiger partial charge in [0.1, 0.15) is 23.7 Å². The molecule has 2 heterocycles. The number of aryl methyl sites for hydroxylation is 1. The number of nitrogens with zero attached hydrogens (tertiary/aromatic N) is 1. The van der Waals surface area contributed by atoms with Gasteiger partial charge in [-0.2, -0.15) is 0 Å². The van der Waals surface area contributed by atoms with Crippen molar-refractivity contribution in [2.45, 2.75) is 26.7 Å². The summed E-state index contributed by atoms with van der Waals surface area (Å²) in [6.45, 7) is 12.0. The summed E-state index contributed by atoms with van der Waals surface area (Å²) in [6.07, 6.45) is 4.52. The molecule has 1 saturated heterocycles. The zero-order valence-corrected chi connectivity index (χ0v) is 15.4. The largest absolute Gasteiger partial charge is 0.490 e. The summed E-state index contributed by atoms with van der Waals surface area (Å²) < 4.78 is 11.0. The molecule has 5 nitrogen and oxygen atoms in total. The van der Waals surface area contributed by atoms with Gasteiger partial charge in [0, 0.05) is 12.4 Å². The second-order valence-corrected chi connectivity index (χ2v) is 6.01. The molecule has 1 aromatic heterocycles. The average molecular weight is 344 g/mol. The molecule has 0 radical (unpaired) electrons. The van der Waals surface area contributed by atoms with E-state index in [1.165, 1.54) is 32.5 Å². The van der Waals surface area contributed by atoms with Gasteiger partial charge >= 0.3 is 0 Å². The molecule has 1 aromatic carbocycles. The topological polar surface area (TPSA) is 54.7 Å². The number of amides is 1. The quantitative estimate of drug-likeness (QED) is 0.839. The number of hydrogen-bond acceptors (Lipinski definition) is 4. The minimum atomic E-state index is -0.160. The van der Waals surface area contributed by atoms with E-state index in [9.17, 15) is 4.79 Å². The number of carbonyl (C=O) groups is 1. The van der Waals surface area contributed by atoms with Crippen LogP contribution in [0.2, 0.25) is 0 Å². The van der Waals surface area contributed by atoms with Gasteiger partial charge in [-0.1, -0.05) is 19.6 Å². The number of rotatable bonds is 5. The Morgan fingerprint density at radius 1 is 1.40 bits per heavy atom. The van der Waals surface area contributed by atoms with Crippen molar-refractivity contribution in [3.05, 3.63) is 42.2 Å². The molecule has 136 valence electrons. The van der Waals surface area contributed by atoms with Crippen LogP contribution in [-0.2, 0) is 0 Å². The standard InChI is InChI=1S/C14H15NO3.C6H13N/c1-4-7-17-10-5-6-12-11(8-10)13(9(2)18-12)14(16)15-3;1-2-7-5-3-4-6-7/h4-6,8H,1,7H2,2-3H3,(H,15,16);2-6H2,1H3. The molecule has 0 spiro atoms. The van der Waals surface area contributed by atoms with Crippen molar-refractivity contribution in [2.24, 2.45) is 0 Å². The SMILES string of the molecule is C=CCOc1ccc2oc(C)c(C(=O)NC)c2c1.CCN1CCCC1. The van der Waals surface area contributed by atoms with Gasteiger partial charge in [0.25, 0.3) is 5.91 Å². The first kappa shape index (κ1) is 19.1. The molecule has 2 aromatic rings. The first-order valence-corrected chi connectivity index (χ1v) is 8.82. The van der Waals surface area contributed by atoms with Gasteiger partial charge in [0.2, 0.25) is 0 Å². The van der Waals surface area contributed by atoms with Crippen LogP contribution in [0.4, 0.5) is 0 Å². The minimum Gasteiger partial charge on any atom is -0.490 e. The normalized spacial score (nSPS) is 14.0. The van der Waals surface area contributed by atoms with Crippen LogP contribution in [-0.4, -0.2) is 44.1 Å². The van der Waals surface area contributed by atoms with Crippen LogP contribution >= 0.6 is 0 Å². The second-order valence-electron chi connectivity index (χ2n) is 6.01. The summed E-state index contributed by atoms with van der Waals surface area (Å²) in [5, 5.41) is 3.36. The highest BCUT2D eigenvalue weighted by molar-refractivity contribution is 6.07. The lowest BCUT2D eigenvalue weighted by Crippen LogP contribution is -2.18. The molecule has 0 unspecified atom stereocenters. The Bertz CT molecular complexity index is 715. The fourth-order valence-electron chi connectivity index (χ4n) is 2.95. The van der Waals surface area contributed by atoms with Crippen molar-refractivity contribution in [3.8, 4) is 5.75 Å². The predicted molar refractivity (Wildman–Crippen MR) is 101 cm³/mol. The van der Waals surface area contributed by atoms with Crippen LogP contribution < -0.4 is 10.1 Å². The van der Waals surface area contributed by atoms with E-state index >= 15 is 0 Å². The van der Waals surface area contributed by atoms with E-state index in [1.807, 2.05) is 6.07 Å². The first-order chi connectivity index (χ1) is 12.1. The Balaban J connectivity index is 0.000000269.